The van der Waals surface area contributed by atoms with Gasteiger partial charge < -0.3 is 4.57 Å². The Hall–Kier alpha value is -2.92. The smallest absolute Gasteiger partial charge is 0.187 e. The minimum Gasteiger partial charge on any atom is -0.340 e. The van der Waals surface area contributed by atoms with Crippen LogP contribution in [-0.2, 0) is 6.54 Å². The van der Waals surface area contributed by atoms with Gasteiger partial charge >= 0.3 is 0 Å². The summed E-state index contributed by atoms with van der Waals surface area (Å²) in [5, 5.41) is 9.54. The van der Waals surface area contributed by atoms with Gasteiger partial charge in [-0.2, -0.15) is 0 Å². The summed E-state index contributed by atoms with van der Waals surface area (Å²) in [6.45, 7) is 0.764. The van der Waals surface area contributed by atoms with Crippen LogP contribution in [0.3, 0.4) is 0 Å². The maximum Gasteiger partial charge on any atom is 0.187 e. The lowest BCUT2D eigenvalue weighted by Crippen LogP contribution is -2.02. The zero-order valence-corrected chi connectivity index (χ0v) is 13.4. The van der Waals surface area contributed by atoms with E-state index in [2.05, 4.69) is 38.1 Å². The van der Waals surface area contributed by atoms with Gasteiger partial charge in [0.15, 0.2) is 11.6 Å². The number of halogens is 1. The van der Waals surface area contributed by atoms with Crippen molar-refractivity contribution < 1.29 is 0 Å². The Morgan fingerprint density at radius 1 is 0.958 bits per heavy atom. The molecule has 4 heterocycles. The monoisotopic (exact) mass is 333 g/mol. The summed E-state index contributed by atoms with van der Waals surface area (Å²) in [5.41, 5.74) is 3.96. The Labute approximate surface area is 143 Å². The van der Waals surface area contributed by atoms with E-state index in [0.29, 0.717) is 10.8 Å². The standard InChI is InChI=1S/C18H12ClN5/c19-13-7-6-12-11-23-9-3-5-15(23)18-22-21-17(24(18)16(12)10-13)14-4-1-2-8-20-14/h1-10H,11H2. The highest BCUT2D eigenvalue weighted by Crippen LogP contribution is 2.34. The first-order valence-electron chi connectivity index (χ1n) is 7.62. The fourth-order valence-electron chi connectivity index (χ4n) is 3.16. The second kappa shape index (κ2) is 5.04. The van der Waals surface area contributed by atoms with E-state index in [-0.39, 0.29) is 0 Å². The Morgan fingerprint density at radius 2 is 1.88 bits per heavy atom. The van der Waals surface area contributed by atoms with Crippen molar-refractivity contribution in [3.05, 3.63) is 71.5 Å². The molecule has 0 fully saturated rings. The Kier molecular flexibility index (Phi) is 2.84. The largest absolute Gasteiger partial charge is 0.340 e. The predicted octanol–water partition coefficient (Wildman–Crippen LogP) is 3.81. The van der Waals surface area contributed by atoms with Crippen LogP contribution in [0.1, 0.15) is 5.56 Å². The van der Waals surface area contributed by atoms with Gasteiger partial charge in [-0.1, -0.05) is 23.7 Å². The number of nitrogens with zero attached hydrogens (tertiary/aromatic N) is 5. The number of hydrogen-bond acceptors (Lipinski definition) is 3. The number of pyridine rings is 1. The highest BCUT2D eigenvalue weighted by molar-refractivity contribution is 6.30. The molecule has 6 heteroatoms. The van der Waals surface area contributed by atoms with Crippen molar-refractivity contribution in [2.45, 2.75) is 6.54 Å². The third-order valence-corrected chi connectivity index (χ3v) is 4.48. The van der Waals surface area contributed by atoms with E-state index < -0.39 is 0 Å². The van der Waals surface area contributed by atoms with Gasteiger partial charge in [0.25, 0.3) is 0 Å². The van der Waals surface area contributed by atoms with Gasteiger partial charge in [-0.3, -0.25) is 9.55 Å². The lowest BCUT2D eigenvalue weighted by Gasteiger charge is -2.11. The van der Waals surface area contributed by atoms with Crippen LogP contribution in [0, 0.1) is 0 Å². The number of fused-ring (bicyclic) bond motifs is 5. The van der Waals surface area contributed by atoms with Crippen molar-refractivity contribution in [2.24, 2.45) is 0 Å². The van der Waals surface area contributed by atoms with Gasteiger partial charge in [-0.05, 0) is 42.0 Å². The molecule has 24 heavy (non-hydrogen) atoms. The quantitative estimate of drug-likeness (QED) is 0.468. The van der Waals surface area contributed by atoms with Crippen LogP contribution < -0.4 is 0 Å². The number of benzene rings is 1. The van der Waals surface area contributed by atoms with Gasteiger partial charge in [0.2, 0.25) is 0 Å². The fraction of sp³-hybridized carbons (Fsp3) is 0.0556. The Balaban J connectivity index is 1.88. The molecule has 5 nitrogen and oxygen atoms in total. The average Bonchev–Trinajstić information content (AvgIpc) is 3.21. The van der Waals surface area contributed by atoms with E-state index in [1.54, 1.807) is 6.20 Å². The number of aromatic nitrogens is 5. The highest BCUT2D eigenvalue weighted by Gasteiger charge is 2.24. The molecule has 1 aliphatic heterocycles. The lowest BCUT2D eigenvalue weighted by molar-refractivity contribution is 0.816. The molecule has 0 amide bonds. The van der Waals surface area contributed by atoms with E-state index in [1.807, 2.05) is 41.0 Å². The summed E-state index contributed by atoms with van der Waals surface area (Å²) in [5.74, 6) is 1.51. The topological polar surface area (TPSA) is 48.5 Å². The summed E-state index contributed by atoms with van der Waals surface area (Å²) in [4.78, 5) is 4.44. The molecular formula is C18H12ClN5. The van der Waals surface area contributed by atoms with Crippen molar-refractivity contribution in [3.8, 4) is 28.7 Å². The summed E-state index contributed by atoms with van der Waals surface area (Å²) in [7, 11) is 0. The van der Waals surface area contributed by atoms with E-state index in [0.717, 1.165) is 35.0 Å². The Bertz CT molecular complexity index is 1050. The molecule has 1 aromatic carbocycles. The first-order valence-corrected chi connectivity index (χ1v) is 8.00. The summed E-state index contributed by atoms with van der Waals surface area (Å²) in [6, 6.07) is 15.8. The molecule has 0 unspecified atom stereocenters. The zero-order chi connectivity index (χ0) is 16.1. The van der Waals surface area contributed by atoms with Gasteiger partial charge in [-0.15, -0.1) is 10.2 Å². The zero-order valence-electron chi connectivity index (χ0n) is 12.6. The summed E-state index contributed by atoms with van der Waals surface area (Å²) >= 11 is 6.27. The van der Waals surface area contributed by atoms with E-state index >= 15 is 0 Å². The van der Waals surface area contributed by atoms with Crippen molar-refractivity contribution in [3.63, 3.8) is 0 Å². The molecule has 3 aromatic heterocycles. The lowest BCUT2D eigenvalue weighted by atomic mass is 10.1. The van der Waals surface area contributed by atoms with Gasteiger partial charge in [0.05, 0.1) is 11.4 Å². The van der Waals surface area contributed by atoms with Crippen LogP contribution >= 0.6 is 11.6 Å². The first-order chi connectivity index (χ1) is 11.8. The van der Waals surface area contributed by atoms with Gasteiger partial charge in [-0.25, -0.2) is 0 Å². The average molecular weight is 334 g/mol. The summed E-state index contributed by atoms with van der Waals surface area (Å²) in [6.07, 6.45) is 3.81. The molecule has 0 bridgehead atoms. The second-order valence-electron chi connectivity index (χ2n) is 5.69. The molecule has 5 rings (SSSR count). The van der Waals surface area contributed by atoms with Crippen LogP contribution in [0.5, 0.6) is 0 Å². The SMILES string of the molecule is Clc1ccc2c(c1)-n1c(-c3ccccn3)nnc1-c1cccn1C2. The van der Waals surface area contributed by atoms with Crippen LogP contribution in [0.25, 0.3) is 28.7 Å². The highest BCUT2D eigenvalue weighted by atomic mass is 35.5. The summed E-state index contributed by atoms with van der Waals surface area (Å²) < 4.78 is 4.21. The minimum absolute atomic E-state index is 0.687. The van der Waals surface area contributed by atoms with E-state index in [9.17, 15) is 0 Å². The number of rotatable bonds is 1. The molecule has 1 aliphatic rings. The predicted molar refractivity (Wildman–Crippen MR) is 92.1 cm³/mol. The Morgan fingerprint density at radius 3 is 2.75 bits per heavy atom. The molecular weight excluding hydrogens is 322 g/mol. The first kappa shape index (κ1) is 13.5. The molecule has 0 radical (unpaired) electrons. The van der Waals surface area contributed by atoms with Crippen LogP contribution in [-0.4, -0.2) is 24.3 Å². The van der Waals surface area contributed by atoms with Crippen molar-refractivity contribution in [1.29, 1.82) is 0 Å². The fourth-order valence-corrected chi connectivity index (χ4v) is 3.32. The van der Waals surface area contributed by atoms with Gasteiger partial charge in [0, 0.05) is 24.0 Å². The van der Waals surface area contributed by atoms with Crippen LogP contribution in [0.2, 0.25) is 5.02 Å². The molecule has 0 saturated heterocycles. The molecule has 0 atom stereocenters. The molecule has 0 N–H and O–H groups in total. The third-order valence-electron chi connectivity index (χ3n) is 4.24. The maximum absolute atomic E-state index is 6.27. The van der Waals surface area contributed by atoms with Gasteiger partial charge in [0.1, 0.15) is 5.69 Å². The normalized spacial score (nSPS) is 12.2. The third kappa shape index (κ3) is 1.91. The maximum atomic E-state index is 6.27. The second-order valence-corrected chi connectivity index (χ2v) is 6.13. The van der Waals surface area contributed by atoms with Crippen molar-refractivity contribution in [2.75, 3.05) is 0 Å². The number of hydrogen-bond donors (Lipinski definition) is 0. The van der Waals surface area contributed by atoms with Crippen molar-refractivity contribution >= 4 is 11.6 Å². The van der Waals surface area contributed by atoms with Crippen LogP contribution in [0.4, 0.5) is 0 Å². The molecule has 0 spiro atoms. The van der Waals surface area contributed by atoms with Crippen molar-refractivity contribution in [1.82, 2.24) is 24.3 Å². The molecule has 116 valence electrons. The molecule has 0 saturated carbocycles. The van der Waals surface area contributed by atoms with Crippen LogP contribution in [0.15, 0.2) is 60.9 Å². The molecule has 0 aliphatic carbocycles. The van der Waals surface area contributed by atoms with E-state index in [1.165, 1.54) is 0 Å². The van der Waals surface area contributed by atoms with E-state index in [4.69, 9.17) is 11.6 Å². The minimum atomic E-state index is 0.687. The molecule has 4 aromatic rings.